The van der Waals surface area contributed by atoms with Crippen LogP contribution in [0.3, 0.4) is 0 Å². The molecule has 3 rings (SSSR count). The number of alkyl halides is 3. The number of nitrogens with one attached hydrogen (secondary N) is 1. The number of furan rings is 1. The third-order valence-corrected chi connectivity index (χ3v) is 4.10. The smallest absolute Gasteiger partial charge is 0.406 e. The molecule has 0 unspecified atom stereocenters. The first kappa shape index (κ1) is 18.2. The summed E-state index contributed by atoms with van der Waals surface area (Å²) in [5, 5.41) is 0.323. The number of hydrogen-bond acceptors (Lipinski definition) is 3. The van der Waals surface area contributed by atoms with Crippen molar-refractivity contribution in [1.82, 2.24) is 9.88 Å². The molecule has 136 valence electrons. The summed E-state index contributed by atoms with van der Waals surface area (Å²) in [5.74, 6) is -0.740. The molecule has 0 bridgehead atoms. The molecule has 1 amide bonds. The maximum atomic E-state index is 12.9. The minimum absolute atomic E-state index is 0.203. The van der Waals surface area contributed by atoms with E-state index in [2.05, 4.69) is 20.9 Å². The second-order valence-electron chi connectivity index (χ2n) is 5.59. The summed E-state index contributed by atoms with van der Waals surface area (Å²) in [6.07, 6.45) is -3.29. The molecule has 0 saturated heterocycles. The summed E-state index contributed by atoms with van der Waals surface area (Å²) >= 11 is 3.24. The number of benzene rings is 1. The Balaban J connectivity index is 1.99. The van der Waals surface area contributed by atoms with Crippen LogP contribution in [0.25, 0.3) is 10.9 Å². The average molecular weight is 429 g/mol. The Labute approximate surface area is 153 Å². The largest absolute Gasteiger partial charge is 0.467 e. The first-order valence-corrected chi connectivity index (χ1v) is 8.23. The molecule has 0 fully saturated rings. The van der Waals surface area contributed by atoms with Crippen LogP contribution in [0.2, 0.25) is 0 Å². The van der Waals surface area contributed by atoms with Crippen LogP contribution >= 0.6 is 15.9 Å². The van der Waals surface area contributed by atoms with E-state index in [0.717, 1.165) is 6.07 Å². The second-order valence-corrected chi connectivity index (χ2v) is 6.51. The van der Waals surface area contributed by atoms with Crippen molar-refractivity contribution in [3.63, 3.8) is 0 Å². The molecule has 0 aliphatic rings. The van der Waals surface area contributed by atoms with E-state index in [9.17, 15) is 22.8 Å². The molecular formula is C17H12BrF3N2O3. The fourth-order valence-electron chi connectivity index (χ4n) is 2.51. The molecule has 0 radical (unpaired) electrons. The molecule has 26 heavy (non-hydrogen) atoms. The van der Waals surface area contributed by atoms with Gasteiger partial charge in [0.25, 0.3) is 5.91 Å². The molecule has 9 heteroatoms. The van der Waals surface area contributed by atoms with E-state index in [-0.39, 0.29) is 18.0 Å². The molecule has 2 aromatic heterocycles. The van der Waals surface area contributed by atoms with Crippen LogP contribution in [-0.2, 0) is 6.54 Å². The third-order valence-electron chi connectivity index (χ3n) is 3.61. The molecule has 1 N–H and O–H groups in total. The Morgan fingerprint density at radius 1 is 1.23 bits per heavy atom. The van der Waals surface area contributed by atoms with E-state index in [1.807, 2.05) is 0 Å². The van der Waals surface area contributed by atoms with Gasteiger partial charge in [-0.25, -0.2) is 0 Å². The number of aromatic nitrogens is 1. The standard InChI is InChI=1S/C17H12BrF3N2O3/c18-10-3-4-13-12(6-10)15(24)7-14(22-13)16(25)23(9-17(19,20)21)8-11-2-1-5-26-11/h1-7H,8-9H2,(H,22,24). The number of rotatable bonds is 4. The van der Waals surface area contributed by atoms with Crippen LogP contribution in [0.15, 0.2) is 56.3 Å². The first-order chi connectivity index (χ1) is 12.2. The molecular weight excluding hydrogens is 417 g/mol. The van der Waals surface area contributed by atoms with E-state index in [1.54, 1.807) is 18.2 Å². The van der Waals surface area contributed by atoms with E-state index in [1.165, 1.54) is 18.4 Å². The summed E-state index contributed by atoms with van der Waals surface area (Å²) in [7, 11) is 0. The molecule has 0 saturated carbocycles. The fraction of sp³-hybridized carbons (Fsp3) is 0.176. The zero-order valence-electron chi connectivity index (χ0n) is 13.1. The lowest BCUT2D eigenvalue weighted by Crippen LogP contribution is -2.39. The minimum atomic E-state index is -4.59. The van der Waals surface area contributed by atoms with Crippen LogP contribution < -0.4 is 5.43 Å². The van der Waals surface area contributed by atoms with Gasteiger partial charge in [0.1, 0.15) is 18.0 Å². The van der Waals surface area contributed by atoms with Crippen molar-refractivity contribution in [3.8, 4) is 0 Å². The molecule has 0 spiro atoms. The van der Waals surface area contributed by atoms with Gasteiger partial charge in [-0.15, -0.1) is 0 Å². The highest BCUT2D eigenvalue weighted by Crippen LogP contribution is 2.21. The number of amides is 1. The number of aromatic amines is 1. The van der Waals surface area contributed by atoms with Crippen molar-refractivity contribution in [2.45, 2.75) is 12.7 Å². The van der Waals surface area contributed by atoms with Crippen molar-refractivity contribution in [2.75, 3.05) is 6.54 Å². The molecule has 2 heterocycles. The predicted octanol–water partition coefficient (Wildman–Crippen LogP) is 4.09. The van der Waals surface area contributed by atoms with Crippen molar-refractivity contribution < 1.29 is 22.4 Å². The summed E-state index contributed by atoms with van der Waals surface area (Å²) in [6, 6.07) is 8.78. The third kappa shape index (κ3) is 4.16. The Morgan fingerprint density at radius 3 is 2.65 bits per heavy atom. The van der Waals surface area contributed by atoms with Crippen molar-refractivity contribution >= 4 is 32.7 Å². The summed E-state index contributed by atoms with van der Waals surface area (Å²) in [5.41, 5.74) is -0.331. The maximum absolute atomic E-state index is 12.9. The lowest BCUT2D eigenvalue weighted by Gasteiger charge is -2.23. The lowest BCUT2D eigenvalue weighted by atomic mass is 10.2. The van der Waals surface area contributed by atoms with Crippen molar-refractivity contribution in [2.24, 2.45) is 0 Å². The number of carbonyl (C=O) groups is 1. The van der Waals surface area contributed by atoms with Gasteiger partial charge in [0.05, 0.1) is 12.8 Å². The molecule has 0 atom stereocenters. The maximum Gasteiger partial charge on any atom is 0.406 e. The zero-order chi connectivity index (χ0) is 18.9. The Kier molecular flexibility index (Phi) is 4.90. The topological polar surface area (TPSA) is 66.3 Å². The highest BCUT2D eigenvalue weighted by Gasteiger charge is 2.34. The average Bonchev–Trinajstić information content (AvgIpc) is 3.06. The van der Waals surface area contributed by atoms with Gasteiger partial charge in [0.2, 0.25) is 0 Å². The van der Waals surface area contributed by atoms with Gasteiger partial charge in [-0.3, -0.25) is 9.59 Å². The Morgan fingerprint density at radius 2 is 2.00 bits per heavy atom. The van der Waals surface area contributed by atoms with Crippen LogP contribution in [0.5, 0.6) is 0 Å². The monoisotopic (exact) mass is 428 g/mol. The number of carbonyl (C=O) groups excluding carboxylic acids is 1. The first-order valence-electron chi connectivity index (χ1n) is 7.44. The zero-order valence-corrected chi connectivity index (χ0v) is 14.7. The molecule has 3 aromatic rings. The van der Waals surface area contributed by atoms with Gasteiger partial charge in [-0.2, -0.15) is 13.2 Å². The quantitative estimate of drug-likeness (QED) is 0.680. The van der Waals surface area contributed by atoms with Crippen LogP contribution in [0.1, 0.15) is 16.2 Å². The second kappa shape index (κ2) is 6.99. The summed E-state index contributed by atoms with van der Waals surface area (Å²) in [4.78, 5) is 28.2. The number of pyridine rings is 1. The van der Waals surface area contributed by atoms with E-state index in [0.29, 0.717) is 20.3 Å². The number of hydrogen-bond donors (Lipinski definition) is 1. The summed E-state index contributed by atoms with van der Waals surface area (Å²) < 4.78 is 44.4. The number of fused-ring (bicyclic) bond motifs is 1. The van der Waals surface area contributed by atoms with E-state index < -0.39 is 24.1 Å². The van der Waals surface area contributed by atoms with E-state index in [4.69, 9.17) is 4.42 Å². The van der Waals surface area contributed by atoms with Gasteiger partial charge in [0.15, 0.2) is 5.43 Å². The normalized spacial score (nSPS) is 11.7. The summed E-state index contributed by atoms with van der Waals surface area (Å²) in [6.45, 7) is -1.83. The van der Waals surface area contributed by atoms with Crippen LogP contribution in [-0.4, -0.2) is 28.5 Å². The minimum Gasteiger partial charge on any atom is -0.467 e. The van der Waals surface area contributed by atoms with Gasteiger partial charge in [-0.1, -0.05) is 15.9 Å². The van der Waals surface area contributed by atoms with Crippen molar-refractivity contribution in [3.05, 3.63) is 68.8 Å². The molecule has 5 nitrogen and oxygen atoms in total. The predicted molar refractivity (Wildman–Crippen MR) is 91.8 cm³/mol. The van der Waals surface area contributed by atoms with Crippen LogP contribution in [0, 0.1) is 0 Å². The van der Waals surface area contributed by atoms with Gasteiger partial charge in [0, 0.05) is 21.4 Å². The lowest BCUT2D eigenvalue weighted by molar-refractivity contribution is -0.142. The van der Waals surface area contributed by atoms with E-state index >= 15 is 0 Å². The molecule has 0 aliphatic heterocycles. The Bertz CT molecular complexity index is 997. The van der Waals surface area contributed by atoms with Gasteiger partial charge < -0.3 is 14.3 Å². The van der Waals surface area contributed by atoms with Gasteiger partial charge in [-0.05, 0) is 30.3 Å². The SMILES string of the molecule is O=C(c1cc(=O)c2cc(Br)ccc2[nH]1)N(Cc1ccco1)CC(F)(F)F. The van der Waals surface area contributed by atoms with Gasteiger partial charge >= 0.3 is 6.18 Å². The van der Waals surface area contributed by atoms with Crippen molar-refractivity contribution in [1.29, 1.82) is 0 Å². The Hall–Kier alpha value is -2.55. The highest BCUT2D eigenvalue weighted by molar-refractivity contribution is 9.10. The fourth-order valence-corrected chi connectivity index (χ4v) is 2.87. The van der Waals surface area contributed by atoms with Crippen LogP contribution in [0.4, 0.5) is 13.2 Å². The number of H-pyrrole nitrogens is 1. The number of nitrogens with zero attached hydrogens (tertiary/aromatic N) is 1. The molecule has 1 aromatic carbocycles. The molecule has 0 aliphatic carbocycles. The number of halogens is 4. The highest BCUT2D eigenvalue weighted by atomic mass is 79.9.